The highest BCUT2D eigenvalue weighted by Crippen LogP contribution is 2.29. The zero-order chi connectivity index (χ0) is 14.0. The highest BCUT2D eigenvalue weighted by Gasteiger charge is 2.27. The average Bonchev–Trinajstić information content (AvgIpc) is 2.76. The lowest BCUT2D eigenvalue weighted by atomic mass is 10.1. The van der Waals surface area contributed by atoms with Crippen molar-refractivity contribution in [2.24, 2.45) is 5.92 Å². The minimum atomic E-state index is -0.907. The lowest BCUT2D eigenvalue weighted by Crippen LogP contribution is -2.24. The molecular weight excluding hydrogens is 244 g/mol. The summed E-state index contributed by atoms with van der Waals surface area (Å²) >= 11 is 0. The van der Waals surface area contributed by atoms with Gasteiger partial charge in [0.05, 0.1) is 18.0 Å². The predicted octanol–water partition coefficient (Wildman–Crippen LogP) is 1.87. The number of ether oxygens (including phenoxy) is 1. The summed E-state index contributed by atoms with van der Waals surface area (Å²) in [5, 5.41) is 9.38. The third-order valence-corrected chi connectivity index (χ3v) is 3.55. The van der Waals surface area contributed by atoms with E-state index in [1.54, 1.807) is 14.0 Å². The Balaban J connectivity index is 2.32. The number of aryl methyl sites for hydroxylation is 2. The van der Waals surface area contributed by atoms with Gasteiger partial charge in [-0.25, -0.2) is 4.79 Å². The minimum Gasteiger partial charge on any atom is -0.478 e. The molecule has 1 N–H and O–H groups in total. The molecule has 2 heterocycles. The summed E-state index contributed by atoms with van der Waals surface area (Å²) in [7, 11) is 1.70. The Labute approximate surface area is 113 Å². The first-order chi connectivity index (χ1) is 9.02. The molecule has 0 saturated carbocycles. The van der Waals surface area contributed by atoms with E-state index in [4.69, 9.17) is 4.74 Å². The number of methoxy groups -OCH3 is 1. The van der Waals surface area contributed by atoms with Gasteiger partial charge in [0.15, 0.2) is 0 Å². The Bertz CT molecular complexity index is 488. The number of aromatic nitrogens is 1. The summed E-state index contributed by atoms with van der Waals surface area (Å²) in [5.74, 6) is -0.435. The lowest BCUT2D eigenvalue weighted by molar-refractivity contribution is 0.0696. The summed E-state index contributed by atoms with van der Waals surface area (Å²) in [6.45, 7) is 6.09. The van der Waals surface area contributed by atoms with E-state index in [2.05, 4.69) is 9.88 Å². The number of hydrogen-bond acceptors (Lipinski definition) is 4. The largest absolute Gasteiger partial charge is 0.478 e. The van der Waals surface area contributed by atoms with E-state index in [-0.39, 0.29) is 0 Å². The van der Waals surface area contributed by atoms with Crippen molar-refractivity contribution < 1.29 is 14.6 Å². The van der Waals surface area contributed by atoms with Crippen LogP contribution in [0, 0.1) is 19.8 Å². The fraction of sp³-hybridized carbons (Fsp3) is 0.571. The lowest BCUT2D eigenvalue weighted by Gasteiger charge is -2.22. The number of aromatic carboxylic acids is 1. The van der Waals surface area contributed by atoms with Crippen LogP contribution in [0.1, 0.15) is 28.2 Å². The normalized spacial score (nSPS) is 18.9. The Hall–Kier alpha value is -1.62. The van der Waals surface area contributed by atoms with Gasteiger partial charge in [-0.1, -0.05) is 0 Å². The maximum absolute atomic E-state index is 11.4. The molecule has 1 saturated heterocycles. The molecule has 1 unspecified atom stereocenters. The van der Waals surface area contributed by atoms with E-state index in [1.165, 1.54) is 0 Å². The maximum atomic E-state index is 11.4. The van der Waals surface area contributed by atoms with Crippen molar-refractivity contribution in [3.8, 4) is 0 Å². The SMILES string of the molecule is COCC1CCN(c2cc(C)nc(C)c2C(=O)O)C1. The third kappa shape index (κ3) is 2.87. The van der Waals surface area contributed by atoms with Crippen molar-refractivity contribution in [2.45, 2.75) is 20.3 Å². The molecule has 0 aromatic carbocycles. The van der Waals surface area contributed by atoms with Crippen LogP contribution in [0.4, 0.5) is 5.69 Å². The van der Waals surface area contributed by atoms with Crippen molar-refractivity contribution in [1.82, 2.24) is 4.98 Å². The molecule has 5 heteroatoms. The van der Waals surface area contributed by atoms with Crippen LogP contribution in [-0.2, 0) is 4.74 Å². The highest BCUT2D eigenvalue weighted by atomic mass is 16.5. The van der Waals surface area contributed by atoms with Gasteiger partial charge in [0.1, 0.15) is 5.56 Å². The Morgan fingerprint density at radius 2 is 2.32 bits per heavy atom. The van der Waals surface area contributed by atoms with E-state index in [9.17, 15) is 9.90 Å². The molecule has 1 atom stereocenters. The standard InChI is InChI=1S/C14H20N2O3/c1-9-6-12(13(14(17)18)10(2)15-9)16-5-4-11(7-16)8-19-3/h6,11H,4-5,7-8H2,1-3H3,(H,17,18). The molecule has 1 aliphatic rings. The maximum Gasteiger partial charge on any atom is 0.339 e. The Morgan fingerprint density at radius 1 is 1.58 bits per heavy atom. The van der Waals surface area contributed by atoms with Gasteiger partial charge in [0.25, 0.3) is 0 Å². The van der Waals surface area contributed by atoms with Crippen LogP contribution in [0.3, 0.4) is 0 Å². The molecule has 0 spiro atoms. The van der Waals surface area contributed by atoms with Crippen LogP contribution in [0.5, 0.6) is 0 Å². The van der Waals surface area contributed by atoms with Gasteiger partial charge in [-0.3, -0.25) is 4.98 Å². The van der Waals surface area contributed by atoms with E-state index in [1.807, 2.05) is 13.0 Å². The first-order valence-corrected chi connectivity index (χ1v) is 6.48. The first kappa shape index (κ1) is 13.8. The van der Waals surface area contributed by atoms with Crippen LogP contribution in [-0.4, -0.2) is 42.9 Å². The minimum absolute atomic E-state index is 0.323. The van der Waals surface area contributed by atoms with Gasteiger partial charge in [0, 0.05) is 31.8 Å². The molecule has 1 aliphatic heterocycles. The molecular formula is C14H20N2O3. The zero-order valence-electron chi connectivity index (χ0n) is 11.6. The number of rotatable bonds is 4. The summed E-state index contributed by atoms with van der Waals surface area (Å²) < 4.78 is 5.18. The summed E-state index contributed by atoms with van der Waals surface area (Å²) in [6, 6.07) is 1.87. The summed E-state index contributed by atoms with van der Waals surface area (Å²) in [4.78, 5) is 17.8. The summed E-state index contributed by atoms with van der Waals surface area (Å²) in [5.41, 5.74) is 2.55. The topological polar surface area (TPSA) is 62.7 Å². The van der Waals surface area contributed by atoms with Gasteiger partial charge in [-0.15, -0.1) is 0 Å². The molecule has 1 fully saturated rings. The molecule has 1 aromatic rings. The van der Waals surface area contributed by atoms with Crippen LogP contribution < -0.4 is 4.90 Å². The van der Waals surface area contributed by atoms with Gasteiger partial charge in [-0.05, 0) is 26.3 Å². The second-order valence-corrected chi connectivity index (χ2v) is 5.10. The molecule has 2 rings (SSSR count). The highest BCUT2D eigenvalue weighted by molar-refractivity contribution is 5.95. The fourth-order valence-corrected chi connectivity index (χ4v) is 2.74. The second kappa shape index (κ2) is 5.57. The van der Waals surface area contributed by atoms with Gasteiger partial charge in [-0.2, -0.15) is 0 Å². The van der Waals surface area contributed by atoms with Crippen molar-refractivity contribution in [3.63, 3.8) is 0 Å². The van der Waals surface area contributed by atoms with Crippen LogP contribution >= 0.6 is 0 Å². The first-order valence-electron chi connectivity index (χ1n) is 6.48. The molecule has 1 aromatic heterocycles. The molecule has 0 bridgehead atoms. The molecule has 0 aliphatic carbocycles. The number of hydrogen-bond donors (Lipinski definition) is 1. The monoisotopic (exact) mass is 264 g/mol. The van der Waals surface area contributed by atoms with E-state index >= 15 is 0 Å². The number of carbonyl (C=O) groups is 1. The number of anilines is 1. The molecule has 19 heavy (non-hydrogen) atoms. The predicted molar refractivity (Wildman–Crippen MR) is 72.9 cm³/mol. The van der Waals surface area contributed by atoms with Gasteiger partial charge in [0.2, 0.25) is 0 Å². The Morgan fingerprint density at radius 3 is 2.95 bits per heavy atom. The quantitative estimate of drug-likeness (QED) is 0.899. The van der Waals surface area contributed by atoms with Crippen LogP contribution in [0.15, 0.2) is 6.07 Å². The van der Waals surface area contributed by atoms with Crippen molar-refractivity contribution in [3.05, 3.63) is 23.0 Å². The Kier molecular flexibility index (Phi) is 4.04. The fourth-order valence-electron chi connectivity index (χ4n) is 2.74. The van der Waals surface area contributed by atoms with E-state index in [0.717, 1.165) is 37.5 Å². The molecule has 0 amide bonds. The van der Waals surface area contributed by atoms with Crippen molar-refractivity contribution >= 4 is 11.7 Å². The average molecular weight is 264 g/mol. The van der Waals surface area contributed by atoms with Crippen molar-refractivity contribution in [2.75, 3.05) is 31.7 Å². The molecule has 0 radical (unpaired) electrons. The number of pyridine rings is 1. The van der Waals surface area contributed by atoms with Crippen LogP contribution in [0.2, 0.25) is 0 Å². The zero-order valence-corrected chi connectivity index (χ0v) is 11.6. The van der Waals surface area contributed by atoms with E-state index < -0.39 is 5.97 Å². The third-order valence-electron chi connectivity index (χ3n) is 3.55. The smallest absolute Gasteiger partial charge is 0.339 e. The van der Waals surface area contributed by atoms with Crippen molar-refractivity contribution in [1.29, 1.82) is 0 Å². The molecule has 104 valence electrons. The van der Waals surface area contributed by atoms with Gasteiger partial charge >= 0.3 is 5.97 Å². The number of nitrogens with zero attached hydrogens (tertiary/aromatic N) is 2. The number of carboxylic acid groups (broad SMARTS) is 1. The summed E-state index contributed by atoms with van der Waals surface area (Å²) in [6.07, 6.45) is 1.04. The molecule has 5 nitrogen and oxygen atoms in total. The number of carboxylic acids is 1. The second-order valence-electron chi connectivity index (χ2n) is 5.10. The van der Waals surface area contributed by atoms with Gasteiger partial charge < -0.3 is 14.7 Å². The van der Waals surface area contributed by atoms with E-state index in [0.29, 0.717) is 17.2 Å². The van der Waals surface area contributed by atoms with Crippen LogP contribution in [0.25, 0.3) is 0 Å².